The number of benzene rings is 2. The van der Waals surface area contributed by atoms with Gasteiger partial charge in [0.2, 0.25) is 5.91 Å². The summed E-state index contributed by atoms with van der Waals surface area (Å²) in [4.78, 5) is 22.4. The Hall–Kier alpha value is -2.33. The molecule has 1 aliphatic rings. The van der Waals surface area contributed by atoms with Gasteiger partial charge in [-0.15, -0.1) is 0 Å². The highest BCUT2D eigenvalue weighted by molar-refractivity contribution is 6.30. The molecule has 1 amide bonds. The highest BCUT2D eigenvalue weighted by atomic mass is 35.5. The first-order valence-electron chi connectivity index (χ1n) is 6.51. The summed E-state index contributed by atoms with van der Waals surface area (Å²) in [7, 11) is 0. The van der Waals surface area contributed by atoms with Gasteiger partial charge in [0.25, 0.3) is 0 Å². The summed E-state index contributed by atoms with van der Waals surface area (Å²) < 4.78 is 5.75. The Kier molecular flexibility index (Phi) is 3.62. The van der Waals surface area contributed by atoms with E-state index in [0.717, 1.165) is 11.3 Å². The van der Waals surface area contributed by atoms with Crippen molar-refractivity contribution in [3.63, 3.8) is 0 Å². The van der Waals surface area contributed by atoms with Crippen molar-refractivity contribution < 1.29 is 14.3 Å². The molecule has 0 fully saturated rings. The van der Waals surface area contributed by atoms with Crippen LogP contribution in [0.3, 0.4) is 0 Å². The predicted octanol–water partition coefficient (Wildman–Crippen LogP) is 3.83. The summed E-state index contributed by atoms with van der Waals surface area (Å²) >= 11 is 5.85. The summed E-state index contributed by atoms with van der Waals surface area (Å²) in [5, 5.41) is 3.30. The van der Waals surface area contributed by atoms with Crippen molar-refractivity contribution in [1.29, 1.82) is 0 Å². The lowest BCUT2D eigenvalue weighted by molar-refractivity contribution is -0.116. The van der Waals surface area contributed by atoms with Gasteiger partial charge >= 0.3 is 0 Å². The molecular formula is C16H12ClNO3. The van der Waals surface area contributed by atoms with Crippen LogP contribution in [0.2, 0.25) is 5.02 Å². The summed E-state index contributed by atoms with van der Waals surface area (Å²) in [6.45, 7) is 0. The maximum Gasteiger partial charge on any atom is 0.224 e. The first kappa shape index (κ1) is 13.6. The van der Waals surface area contributed by atoms with E-state index in [1.165, 1.54) is 0 Å². The molecule has 0 unspecified atom stereocenters. The van der Waals surface area contributed by atoms with Crippen LogP contribution in [-0.4, -0.2) is 12.2 Å². The molecule has 1 aliphatic heterocycles. The van der Waals surface area contributed by atoms with E-state index < -0.39 is 0 Å². The van der Waals surface area contributed by atoms with Crippen LogP contribution >= 0.6 is 11.6 Å². The number of anilines is 1. The summed E-state index contributed by atoms with van der Waals surface area (Å²) in [6, 6.07) is 10.3. The van der Waals surface area contributed by atoms with Gasteiger partial charge in [-0.3, -0.25) is 9.59 Å². The lowest BCUT2D eigenvalue weighted by atomic mass is 10.0. The van der Waals surface area contributed by atoms with E-state index in [1.807, 2.05) is 6.07 Å². The van der Waals surface area contributed by atoms with Gasteiger partial charge in [-0.1, -0.05) is 11.6 Å². The average Bonchev–Trinajstić information content (AvgIpc) is 2.49. The number of nitrogens with one attached hydrogen (secondary N) is 1. The Balaban J connectivity index is 1.89. The number of aryl methyl sites for hydroxylation is 1. The van der Waals surface area contributed by atoms with Gasteiger partial charge in [-0.2, -0.15) is 0 Å². The van der Waals surface area contributed by atoms with Crippen molar-refractivity contribution in [3.05, 3.63) is 52.5 Å². The van der Waals surface area contributed by atoms with Crippen molar-refractivity contribution in [3.8, 4) is 11.5 Å². The van der Waals surface area contributed by atoms with Crippen LogP contribution in [0.25, 0.3) is 0 Å². The molecule has 0 spiro atoms. The number of halogens is 1. The van der Waals surface area contributed by atoms with E-state index in [4.69, 9.17) is 16.3 Å². The maximum atomic E-state index is 11.3. The Morgan fingerprint density at radius 3 is 2.81 bits per heavy atom. The molecule has 2 aromatic carbocycles. The fourth-order valence-electron chi connectivity index (χ4n) is 2.25. The third-order valence-corrected chi connectivity index (χ3v) is 3.53. The Morgan fingerprint density at radius 1 is 1.14 bits per heavy atom. The van der Waals surface area contributed by atoms with Crippen molar-refractivity contribution >= 4 is 29.5 Å². The average molecular weight is 302 g/mol. The number of hydrogen-bond donors (Lipinski definition) is 1. The van der Waals surface area contributed by atoms with Gasteiger partial charge in [0.1, 0.15) is 11.5 Å². The van der Waals surface area contributed by atoms with Crippen LogP contribution < -0.4 is 10.1 Å². The smallest absolute Gasteiger partial charge is 0.224 e. The minimum absolute atomic E-state index is 0.0251. The van der Waals surface area contributed by atoms with Crippen molar-refractivity contribution in [2.45, 2.75) is 12.8 Å². The van der Waals surface area contributed by atoms with Crippen LogP contribution in [0.5, 0.6) is 11.5 Å². The van der Waals surface area contributed by atoms with Crippen molar-refractivity contribution in [2.75, 3.05) is 5.32 Å². The highest BCUT2D eigenvalue weighted by Gasteiger charge is 2.15. The lowest BCUT2D eigenvalue weighted by Crippen LogP contribution is -2.18. The van der Waals surface area contributed by atoms with E-state index in [2.05, 4.69) is 5.32 Å². The lowest BCUT2D eigenvalue weighted by Gasteiger charge is -2.18. The second kappa shape index (κ2) is 5.58. The zero-order valence-electron chi connectivity index (χ0n) is 11.1. The van der Waals surface area contributed by atoms with Crippen LogP contribution in [0, 0.1) is 0 Å². The molecule has 0 atom stereocenters. The molecule has 4 nitrogen and oxygen atoms in total. The second-order valence-electron chi connectivity index (χ2n) is 4.77. The molecule has 0 saturated heterocycles. The van der Waals surface area contributed by atoms with Crippen LogP contribution in [0.1, 0.15) is 22.3 Å². The standard InChI is InChI=1S/C16H12ClNO3/c17-12-2-5-15(11(7-12)9-19)21-13-3-4-14-10(8-13)1-6-16(20)18-14/h2-5,7-9H,1,6H2,(H,18,20). The quantitative estimate of drug-likeness (QED) is 0.877. The minimum Gasteiger partial charge on any atom is -0.457 e. The molecular weight excluding hydrogens is 290 g/mol. The second-order valence-corrected chi connectivity index (χ2v) is 5.21. The van der Waals surface area contributed by atoms with Gasteiger partial charge in [-0.25, -0.2) is 0 Å². The number of carbonyl (C=O) groups excluding carboxylic acids is 2. The van der Waals surface area contributed by atoms with Gasteiger partial charge in [-0.05, 0) is 48.4 Å². The number of carbonyl (C=O) groups is 2. The third kappa shape index (κ3) is 2.90. The molecule has 3 rings (SSSR count). The van der Waals surface area contributed by atoms with Crippen LogP contribution in [-0.2, 0) is 11.2 Å². The first-order chi connectivity index (χ1) is 10.2. The third-order valence-electron chi connectivity index (χ3n) is 3.30. The van der Waals surface area contributed by atoms with E-state index in [9.17, 15) is 9.59 Å². The molecule has 0 saturated carbocycles. The van der Waals surface area contributed by atoms with Crippen LogP contribution in [0.15, 0.2) is 36.4 Å². The summed E-state index contributed by atoms with van der Waals surface area (Å²) in [5.41, 5.74) is 2.23. The van der Waals surface area contributed by atoms with Gasteiger partial charge in [0.15, 0.2) is 6.29 Å². The van der Waals surface area contributed by atoms with E-state index in [-0.39, 0.29) is 5.91 Å². The molecule has 1 heterocycles. The molecule has 0 bridgehead atoms. The maximum absolute atomic E-state index is 11.3. The number of aldehydes is 1. The molecule has 2 aromatic rings. The molecule has 106 valence electrons. The fourth-order valence-corrected chi connectivity index (χ4v) is 2.44. The number of ether oxygens (including phenoxy) is 1. The molecule has 5 heteroatoms. The van der Waals surface area contributed by atoms with Crippen LogP contribution in [0.4, 0.5) is 5.69 Å². The summed E-state index contributed by atoms with van der Waals surface area (Å²) in [5.74, 6) is 1.10. The Bertz CT molecular complexity index is 727. The Labute approximate surface area is 126 Å². The number of hydrogen-bond acceptors (Lipinski definition) is 3. The predicted molar refractivity (Wildman–Crippen MR) is 80.3 cm³/mol. The molecule has 0 radical (unpaired) electrons. The SMILES string of the molecule is O=Cc1cc(Cl)ccc1Oc1ccc2c(c1)CCC(=O)N2. The molecule has 1 N–H and O–H groups in total. The normalized spacial score (nSPS) is 13.3. The monoisotopic (exact) mass is 301 g/mol. The Morgan fingerprint density at radius 2 is 2.00 bits per heavy atom. The molecule has 0 aliphatic carbocycles. The molecule has 0 aromatic heterocycles. The van der Waals surface area contributed by atoms with Gasteiger partial charge in [0, 0.05) is 17.1 Å². The van der Waals surface area contributed by atoms with E-state index in [0.29, 0.717) is 41.2 Å². The topological polar surface area (TPSA) is 55.4 Å². The van der Waals surface area contributed by atoms with Crippen molar-refractivity contribution in [2.24, 2.45) is 0 Å². The minimum atomic E-state index is 0.0251. The zero-order chi connectivity index (χ0) is 14.8. The number of rotatable bonds is 3. The fraction of sp³-hybridized carbons (Fsp3) is 0.125. The highest BCUT2D eigenvalue weighted by Crippen LogP contribution is 2.31. The largest absolute Gasteiger partial charge is 0.457 e. The van der Waals surface area contributed by atoms with E-state index >= 15 is 0 Å². The van der Waals surface area contributed by atoms with Gasteiger partial charge < -0.3 is 10.1 Å². The van der Waals surface area contributed by atoms with E-state index in [1.54, 1.807) is 30.3 Å². The number of fused-ring (bicyclic) bond motifs is 1. The number of amides is 1. The summed E-state index contributed by atoms with van der Waals surface area (Å²) in [6.07, 6.45) is 1.86. The van der Waals surface area contributed by atoms with Gasteiger partial charge in [0.05, 0.1) is 5.56 Å². The zero-order valence-corrected chi connectivity index (χ0v) is 11.8. The molecule has 21 heavy (non-hydrogen) atoms. The first-order valence-corrected chi connectivity index (χ1v) is 6.89. The van der Waals surface area contributed by atoms with Crippen molar-refractivity contribution in [1.82, 2.24) is 0 Å².